The average molecular weight is 309 g/mol. The Kier molecular flexibility index (Phi) is 4.50. The molecule has 2 heterocycles. The predicted octanol–water partition coefficient (Wildman–Crippen LogP) is -0.427. The molecule has 1 fully saturated rings. The van der Waals surface area contributed by atoms with Crippen LogP contribution in [0.3, 0.4) is 0 Å². The summed E-state index contributed by atoms with van der Waals surface area (Å²) in [6, 6.07) is -1.24. The molecule has 122 valence electrons. The number of amides is 2. The van der Waals surface area contributed by atoms with Gasteiger partial charge in [0.25, 0.3) is 0 Å². The van der Waals surface area contributed by atoms with Crippen LogP contribution < -0.4 is 5.32 Å². The molecule has 1 aromatic heterocycles. The van der Waals surface area contributed by atoms with Crippen LogP contribution in [-0.4, -0.2) is 62.6 Å². The van der Waals surface area contributed by atoms with Crippen LogP contribution in [-0.2, 0) is 9.59 Å². The summed E-state index contributed by atoms with van der Waals surface area (Å²) in [5.41, 5.74) is -0.411. The van der Waals surface area contributed by atoms with Crippen LogP contribution in [0.1, 0.15) is 33.2 Å². The number of likely N-dealkylation sites (tertiary alicyclic amines) is 1. The highest BCUT2D eigenvalue weighted by molar-refractivity contribution is 5.90. The van der Waals surface area contributed by atoms with E-state index in [9.17, 15) is 14.7 Å². The molecular weight excluding hydrogens is 286 g/mol. The van der Waals surface area contributed by atoms with Gasteiger partial charge in [0, 0.05) is 26.2 Å². The smallest absolute Gasteiger partial charge is 0.248 e. The summed E-state index contributed by atoms with van der Waals surface area (Å²) in [6.45, 7) is 5.94. The van der Waals surface area contributed by atoms with Crippen LogP contribution in [0.4, 0.5) is 0 Å². The van der Waals surface area contributed by atoms with E-state index in [0.29, 0.717) is 0 Å². The van der Waals surface area contributed by atoms with Crippen molar-refractivity contribution in [1.29, 1.82) is 0 Å². The molecule has 1 aliphatic heterocycles. The minimum absolute atomic E-state index is 0.151. The molecule has 1 saturated heterocycles. The maximum Gasteiger partial charge on any atom is 0.248 e. The van der Waals surface area contributed by atoms with Gasteiger partial charge in [-0.05, 0) is 5.41 Å². The number of likely N-dealkylation sites (N-methyl/N-ethyl adjacent to an activating group) is 1. The Hall–Kier alpha value is -1.96. The van der Waals surface area contributed by atoms with Crippen molar-refractivity contribution in [1.82, 2.24) is 25.2 Å². The third kappa shape index (κ3) is 3.11. The molecule has 2 amide bonds. The van der Waals surface area contributed by atoms with E-state index in [1.54, 1.807) is 6.20 Å². The first-order chi connectivity index (χ1) is 10.3. The van der Waals surface area contributed by atoms with Gasteiger partial charge in [0.2, 0.25) is 11.8 Å². The second-order valence-electron chi connectivity index (χ2n) is 6.66. The van der Waals surface area contributed by atoms with Crippen molar-refractivity contribution < 1.29 is 14.7 Å². The maximum absolute atomic E-state index is 13.0. The zero-order valence-electron chi connectivity index (χ0n) is 13.4. The molecule has 0 unspecified atom stereocenters. The Morgan fingerprint density at radius 3 is 2.59 bits per heavy atom. The summed E-state index contributed by atoms with van der Waals surface area (Å²) in [5, 5.41) is 20.1. The van der Waals surface area contributed by atoms with Crippen LogP contribution in [0.15, 0.2) is 12.4 Å². The lowest BCUT2D eigenvalue weighted by atomic mass is 9.85. The standard InChI is InChI=1S/C14H23N5O3/c1-14(2,3)11(19-6-5-16-17-19)13(22)18-8-9(20)7-10(18)12(21)15-4/h5-6,9-11,20H,7-8H2,1-4H3,(H,15,21)/t9-,10+,11-/m1/s1. The maximum atomic E-state index is 13.0. The highest BCUT2D eigenvalue weighted by Crippen LogP contribution is 2.33. The van der Waals surface area contributed by atoms with Crippen LogP contribution in [0.5, 0.6) is 0 Å². The molecule has 8 heteroatoms. The number of aliphatic hydroxyl groups is 1. The van der Waals surface area contributed by atoms with Crippen molar-refractivity contribution in [3.63, 3.8) is 0 Å². The molecule has 0 saturated carbocycles. The molecule has 0 aliphatic carbocycles. The number of rotatable bonds is 3. The molecule has 1 aromatic rings. The fraction of sp³-hybridized carbons (Fsp3) is 0.714. The summed E-state index contributed by atoms with van der Waals surface area (Å²) >= 11 is 0. The van der Waals surface area contributed by atoms with Gasteiger partial charge in [0.15, 0.2) is 0 Å². The lowest BCUT2D eigenvalue weighted by molar-refractivity contribution is -0.144. The topological polar surface area (TPSA) is 100 Å². The Bertz CT molecular complexity index is 537. The van der Waals surface area contributed by atoms with Crippen LogP contribution in [0, 0.1) is 5.41 Å². The van der Waals surface area contributed by atoms with Crippen LogP contribution in [0.25, 0.3) is 0 Å². The zero-order valence-corrected chi connectivity index (χ0v) is 13.4. The molecule has 2 rings (SSSR count). The van der Waals surface area contributed by atoms with Crippen LogP contribution >= 0.6 is 0 Å². The van der Waals surface area contributed by atoms with E-state index in [4.69, 9.17) is 0 Å². The Morgan fingerprint density at radius 1 is 1.41 bits per heavy atom. The fourth-order valence-corrected chi connectivity index (χ4v) is 2.87. The minimum atomic E-state index is -0.692. The van der Waals surface area contributed by atoms with Crippen molar-refractivity contribution in [2.75, 3.05) is 13.6 Å². The molecule has 8 nitrogen and oxygen atoms in total. The summed E-state index contributed by atoms with van der Waals surface area (Å²) in [6.07, 6.45) is 2.71. The SMILES string of the molecule is CNC(=O)[C@@H]1C[C@@H](O)CN1C(=O)[C@@H](n1ccnn1)C(C)(C)C. The van der Waals surface area contributed by atoms with E-state index >= 15 is 0 Å². The van der Waals surface area contributed by atoms with Crippen molar-refractivity contribution in [3.05, 3.63) is 12.4 Å². The normalized spacial score (nSPS) is 23.4. The lowest BCUT2D eigenvalue weighted by Gasteiger charge is -2.34. The molecule has 0 aromatic carbocycles. The predicted molar refractivity (Wildman–Crippen MR) is 78.7 cm³/mol. The number of nitrogens with zero attached hydrogens (tertiary/aromatic N) is 4. The van der Waals surface area contributed by atoms with E-state index in [1.165, 1.54) is 22.8 Å². The summed E-state index contributed by atoms with van der Waals surface area (Å²) in [4.78, 5) is 26.4. The second-order valence-corrected chi connectivity index (χ2v) is 6.66. The average Bonchev–Trinajstić information content (AvgIpc) is 3.05. The summed E-state index contributed by atoms with van der Waals surface area (Å²) < 4.78 is 1.51. The van der Waals surface area contributed by atoms with Crippen molar-refractivity contribution in [2.45, 2.75) is 45.4 Å². The quantitative estimate of drug-likeness (QED) is 0.789. The minimum Gasteiger partial charge on any atom is -0.391 e. The van der Waals surface area contributed by atoms with Gasteiger partial charge in [-0.2, -0.15) is 0 Å². The molecule has 0 bridgehead atoms. The highest BCUT2D eigenvalue weighted by Gasteiger charge is 2.44. The first-order valence-corrected chi connectivity index (χ1v) is 7.31. The molecule has 22 heavy (non-hydrogen) atoms. The molecular formula is C14H23N5O3. The number of hydrogen-bond donors (Lipinski definition) is 2. The Labute approximate surface area is 129 Å². The summed E-state index contributed by atoms with van der Waals surface area (Å²) in [5.74, 6) is -0.501. The van der Waals surface area contributed by atoms with Crippen molar-refractivity contribution in [2.24, 2.45) is 5.41 Å². The Morgan fingerprint density at radius 2 is 2.09 bits per heavy atom. The molecule has 0 radical (unpaired) electrons. The molecule has 2 N–H and O–H groups in total. The highest BCUT2D eigenvalue weighted by atomic mass is 16.3. The molecule has 0 spiro atoms. The van der Waals surface area contributed by atoms with Crippen LogP contribution in [0.2, 0.25) is 0 Å². The second kappa shape index (κ2) is 6.04. The first kappa shape index (κ1) is 16.4. The Balaban J connectivity index is 2.32. The van der Waals surface area contributed by atoms with Gasteiger partial charge in [-0.25, -0.2) is 4.68 Å². The zero-order chi connectivity index (χ0) is 16.5. The number of β-amino-alcohol motifs (C(OH)–C–C–N with tert-alkyl or cyclic N) is 1. The number of carbonyl (C=O) groups excluding carboxylic acids is 2. The third-order valence-electron chi connectivity index (χ3n) is 3.87. The van der Waals surface area contributed by atoms with Gasteiger partial charge < -0.3 is 15.3 Å². The van der Waals surface area contributed by atoms with E-state index < -0.39 is 23.6 Å². The number of hydrogen-bond acceptors (Lipinski definition) is 5. The number of nitrogens with one attached hydrogen (secondary N) is 1. The number of aliphatic hydroxyl groups excluding tert-OH is 1. The van der Waals surface area contributed by atoms with E-state index in [1.807, 2.05) is 20.8 Å². The van der Waals surface area contributed by atoms with Gasteiger partial charge in [-0.3, -0.25) is 9.59 Å². The van der Waals surface area contributed by atoms with E-state index in [2.05, 4.69) is 15.6 Å². The third-order valence-corrected chi connectivity index (χ3v) is 3.87. The lowest BCUT2D eigenvalue weighted by Crippen LogP contribution is -2.49. The van der Waals surface area contributed by atoms with Crippen molar-refractivity contribution >= 4 is 11.8 Å². The van der Waals surface area contributed by atoms with Gasteiger partial charge in [-0.1, -0.05) is 26.0 Å². The fourth-order valence-electron chi connectivity index (χ4n) is 2.87. The summed E-state index contributed by atoms with van der Waals surface area (Å²) in [7, 11) is 1.52. The van der Waals surface area contributed by atoms with Gasteiger partial charge >= 0.3 is 0 Å². The monoisotopic (exact) mass is 309 g/mol. The van der Waals surface area contributed by atoms with Gasteiger partial charge in [0.05, 0.1) is 12.3 Å². The van der Waals surface area contributed by atoms with Crippen molar-refractivity contribution in [3.8, 4) is 0 Å². The van der Waals surface area contributed by atoms with Gasteiger partial charge in [0.1, 0.15) is 12.1 Å². The largest absolute Gasteiger partial charge is 0.391 e. The van der Waals surface area contributed by atoms with E-state index in [0.717, 1.165) is 0 Å². The van der Waals surface area contributed by atoms with Gasteiger partial charge in [-0.15, -0.1) is 5.10 Å². The number of carbonyl (C=O) groups is 2. The number of aromatic nitrogens is 3. The van der Waals surface area contributed by atoms with E-state index in [-0.39, 0.29) is 24.8 Å². The molecule has 1 aliphatic rings. The first-order valence-electron chi connectivity index (χ1n) is 7.31. The molecule has 3 atom stereocenters.